The van der Waals surface area contributed by atoms with Crippen molar-refractivity contribution >= 4 is 34.3 Å². The number of azo groups is 1. The van der Waals surface area contributed by atoms with Gasteiger partial charge >= 0.3 is 0 Å². The number of aromatic hydroxyl groups is 1. The van der Waals surface area contributed by atoms with Crippen LogP contribution in [0.25, 0.3) is 0 Å². The monoisotopic (exact) mass is 405 g/mol. The number of carbonyl (C=O) groups excluding carboxylic acids is 1. The third-order valence-corrected chi connectivity index (χ3v) is 4.22. The van der Waals surface area contributed by atoms with E-state index in [0.29, 0.717) is 16.9 Å². The van der Waals surface area contributed by atoms with Gasteiger partial charge in [0.15, 0.2) is 0 Å². The van der Waals surface area contributed by atoms with Gasteiger partial charge in [0.1, 0.15) is 17.1 Å². The molecule has 152 valence electrons. The molecule has 3 aromatic carbocycles. The largest absolute Gasteiger partial charge is 0.506 e. The van der Waals surface area contributed by atoms with E-state index in [4.69, 9.17) is 0 Å². The van der Waals surface area contributed by atoms with Crippen LogP contribution in [0.1, 0.15) is 10.4 Å². The highest BCUT2D eigenvalue weighted by atomic mass is 16.6. The molecule has 0 fully saturated rings. The van der Waals surface area contributed by atoms with Crippen molar-refractivity contribution in [3.63, 3.8) is 0 Å². The fourth-order valence-electron chi connectivity index (χ4n) is 2.59. The van der Waals surface area contributed by atoms with Crippen LogP contribution in [0.2, 0.25) is 0 Å². The van der Waals surface area contributed by atoms with Crippen molar-refractivity contribution < 1.29 is 14.8 Å². The Morgan fingerprint density at radius 1 is 1.00 bits per heavy atom. The summed E-state index contributed by atoms with van der Waals surface area (Å²) < 4.78 is 0. The molecule has 0 aliphatic carbocycles. The highest BCUT2D eigenvalue weighted by molar-refractivity contribution is 6.06. The molecule has 0 unspecified atom stereocenters. The summed E-state index contributed by atoms with van der Waals surface area (Å²) >= 11 is 0. The molecule has 0 radical (unpaired) electrons. The van der Waals surface area contributed by atoms with E-state index in [1.807, 2.05) is 25.1 Å². The summed E-state index contributed by atoms with van der Waals surface area (Å²) in [4.78, 5) is 24.8. The molecular formula is C21H19N5O4. The number of benzene rings is 3. The molecule has 1 amide bonds. The van der Waals surface area contributed by atoms with Crippen LogP contribution in [0.4, 0.5) is 28.4 Å². The maximum absolute atomic E-state index is 12.6. The summed E-state index contributed by atoms with van der Waals surface area (Å²) in [6.07, 6.45) is 0. The lowest BCUT2D eigenvalue weighted by atomic mass is 10.2. The van der Waals surface area contributed by atoms with Gasteiger partial charge in [0.25, 0.3) is 11.6 Å². The summed E-state index contributed by atoms with van der Waals surface area (Å²) in [5, 5.41) is 31.7. The topological polar surface area (TPSA) is 120 Å². The van der Waals surface area contributed by atoms with Gasteiger partial charge in [-0.15, -0.1) is 10.2 Å². The standard InChI is InChI=1S/C21H19N5O4/c1-25(2)15-8-10-17(18(12-15)22-21(28)14-6-4-3-5-7-14)23-24-19-13-16(26(29)30)9-11-20(19)27/h3-13,27H,1-2H3,(H,22,28). The molecule has 0 spiro atoms. The first-order chi connectivity index (χ1) is 14.3. The second-order valence-electron chi connectivity index (χ2n) is 6.55. The molecule has 9 nitrogen and oxygen atoms in total. The minimum absolute atomic E-state index is 0.0544. The van der Waals surface area contributed by atoms with Crippen molar-refractivity contribution in [3.05, 3.63) is 82.4 Å². The van der Waals surface area contributed by atoms with E-state index in [-0.39, 0.29) is 23.0 Å². The summed E-state index contributed by atoms with van der Waals surface area (Å²) in [6.45, 7) is 0. The number of nitrogens with zero attached hydrogens (tertiary/aromatic N) is 4. The van der Waals surface area contributed by atoms with Crippen LogP contribution in [0.15, 0.2) is 77.0 Å². The van der Waals surface area contributed by atoms with E-state index in [1.165, 1.54) is 12.1 Å². The number of non-ortho nitro benzene ring substituents is 1. The van der Waals surface area contributed by atoms with Crippen LogP contribution in [0.3, 0.4) is 0 Å². The Bertz CT molecular complexity index is 1110. The van der Waals surface area contributed by atoms with E-state index >= 15 is 0 Å². The predicted molar refractivity (Wildman–Crippen MR) is 114 cm³/mol. The first-order valence-corrected chi connectivity index (χ1v) is 8.92. The lowest BCUT2D eigenvalue weighted by Crippen LogP contribution is -2.13. The molecule has 0 heterocycles. The van der Waals surface area contributed by atoms with Crippen molar-refractivity contribution in [3.8, 4) is 5.75 Å². The lowest BCUT2D eigenvalue weighted by molar-refractivity contribution is -0.384. The Morgan fingerprint density at radius 2 is 1.70 bits per heavy atom. The fraction of sp³-hybridized carbons (Fsp3) is 0.0952. The molecule has 0 bridgehead atoms. The van der Waals surface area contributed by atoms with Gasteiger partial charge in [0.05, 0.1) is 10.6 Å². The minimum atomic E-state index is -0.587. The van der Waals surface area contributed by atoms with E-state index < -0.39 is 4.92 Å². The number of amides is 1. The van der Waals surface area contributed by atoms with Crippen molar-refractivity contribution in [2.24, 2.45) is 10.2 Å². The predicted octanol–water partition coefficient (Wildman–Crippen LogP) is 5.03. The maximum atomic E-state index is 12.6. The van der Waals surface area contributed by atoms with Gasteiger partial charge in [-0.1, -0.05) is 18.2 Å². The highest BCUT2D eigenvalue weighted by Crippen LogP contribution is 2.35. The highest BCUT2D eigenvalue weighted by Gasteiger charge is 2.13. The number of nitro benzene ring substituents is 1. The Hall–Kier alpha value is -4.27. The first kappa shape index (κ1) is 20.5. The molecule has 30 heavy (non-hydrogen) atoms. The number of anilines is 2. The van der Waals surface area contributed by atoms with Gasteiger partial charge in [-0.2, -0.15) is 0 Å². The van der Waals surface area contributed by atoms with Crippen molar-refractivity contribution in [2.45, 2.75) is 0 Å². The summed E-state index contributed by atoms with van der Waals surface area (Å²) in [7, 11) is 3.72. The maximum Gasteiger partial charge on any atom is 0.271 e. The number of rotatable bonds is 6. The van der Waals surface area contributed by atoms with Crippen LogP contribution >= 0.6 is 0 Å². The van der Waals surface area contributed by atoms with Gasteiger partial charge in [-0.3, -0.25) is 14.9 Å². The first-order valence-electron chi connectivity index (χ1n) is 8.92. The Balaban J connectivity index is 1.96. The third-order valence-electron chi connectivity index (χ3n) is 4.22. The van der Waals surface area contributed by atoms with Gasteiger partial charge in [0.2, 0.25) is 0 Å². The number of nitro groups is 1. The van der Waals surface area contributed by atoms with E-state index in [1.54, 1.807) is 42.5 Å². The molecule has 0 aliphatic heterocycles. The van der Waals surface area contributed by atoms with Crippen molar-refractivity contribution in [2.75, 3.05) is 24.3 Å². The summed E-state index contributed by atoms with van der Waals surface area (Å²) in [6, 6.07) is 17.4. The van der Waals surface area contributed by atoms with E-state index in [2.05, 4.69) is 15.5 Å². The molecule has 0 saturated carbocycles. The zero-order chi connectivity index (χ0) is 21.7. The second kappa shape index (κ2) is 8.82. The number of carbonyl (C=O) groups is 1. The Kier molecular flexibility index (Phi) is 6.02. The zero-order valence-electron chi connectivity index (χ0n) is 16.3. The number of hydrogen-bond acceptors (Lipinski definition) is 7. The van der Waals surface area contributed by atoms with Gasteiger partial charge < -0.3 is 15.3 Å². The van der Waals surface area contributed by atoms with Crippen LogP contribution in [-0.2, 0) is 0 Å². The van der Waals surface area contributed by atoms with Crippen molar-refractivity contribution in [1.29, 1.82) is 0 Å². The molecule has 0 aliphatic rings. The molecule has 3 rings (SSSR count). The number of nitrogens with one attached hydrogen (secondary N) is 1. The number of phenolic OH excluding ortho intramolecular Hbond substituents is 1. The van der Waals surface area contributed by atoms with E-state index in [0.717, 1.165) is 11.8 Å². The molecule has 0 saturated heterocycles. The molecule has 0 aromatic heterocycles. The average Bonchev–Trinajstić information content (AvgIpc) is 2.74. The second-order valence-corrected chi connectivity index (χ2v) is 6.55. The normalized spacial score (nSPS) is 10.7. The van der Waals surface area contributed by atoms with Gasteiger partial charge in [0, 0.05) is 37.5 Å². The van der Waals surface area contributed by atoms with Crippen LogP contribution in [-0.4, -0.2) is 30.0 Å². The number of hydrogen-bond donors (Lipinski definition) is 2. The summed E-state index contributed by atoms with van der Waals surface area (Å²) in [5.41, 5.74) is 1.77. The molecule has 9 heteroatoms. The Labute approximate surface area is 172 Å². The number of phenols is 1. The molecule has 3 aromatic rings. The molecule has 2 N–H and O–H groups in total. The van der Waals surface area contributed by atoms with Gasteiger partial charge in [-0.05, 0) is 36.4 Å². The fourth-order valence-corrected chi connectivity index (χ4v) is 2.59. The van der Waals surface area contributed by atoms with E-state index in [9.17, 15) is 20.0 Å². The molecule has 0 atom stereocenters. The minimum Gasteiger partial charge on any atom is -0.506 e. The zero-order valence-corrected chi connectivity index (χ0v) is 16.3. The molecular weight excluding hydrogens is 386 g/mol. The van der Waals surface area contributed by atoms with Crippen LogP contribution in [0.5, 0.6) is 5.75 Å². The average molecular weight is 405 g/mol. The third kappa shape index (κ3) is 4.76. The lowest BCUT2D eigenvalue weighted by Gasteiger charge is -2.15. The quantitative estimate of drug-likeness (QED) is 0.338. The summed E-state index contributed by atoms with van der Waals surface area (Å²) in [5.74, 6) is -0.565. The Morgan fingerprint density at radius 3 is 2.37 bits per heavy atom. The van der Waals surface area contributed by atoms with Crippen molar-refractivity contribution in [1.82, 2.24) is 0 Å². The van der Waals surface area contributed by atoms with Gasteiger partial charge in [-0.25, -0.2) is 0 Å². The smallest absolute Gasteiger partial charge is 0.271 e. The van der Waals surface area contributed by atoms with Crippen LogP contribution < -0.4 is 10.2 Å². The SMILES string of the molecule is CN(C)c1ccc(N=Nc2cc([N+](=O)[O-])ccc2O)c(NC(=O)c2ccccc2)c1. The van der Waals surface area contributed by atoms with Crippen LogP contribution in [0, 0.1) is 10.1 Å².